The summed E-state index contributed by atoms with van der Waals surface area (Å²) >= 11 is 0. The third-order valence-corrected chi connectivity index (χ3v) is 6.63. The highest BCUT2D eigenvalue weighted by atomic mass is 16.6. The summed E-state index contributed by atoms with van der Waals surface area (Å²) < 4.78 is 16.9. The zero-order valence-electron chi connectivity index (χ0n) is 23.3. The Morgan fingerprint density at radius 1 is 1.14 bits per heavy atom. The number of likely N-dealkylation sites (N-methyl/N-ethyl adjacent to an activating group) is 1. The van der Waals surface area contributed by atoms with Crippen molar-refractivity contribution in [2.24, 2.45) is 0 Å². The summed E-state index contributed by atoms with van der Waals surface area (Å²) in [5, 5.41) is 3.42. The number of carbonyl (C=O) groups excluding carboxylic acids is 1. The van der Waals surface area contributed by atoms with Crippen molar-refractivity contribution in [2.75, 3.05) is 64.5 Å². The van der Waals surface area contributed by atoms with Crippen molar-refractivity contribution in [3.63, 3.8) is 0 Å². The van der Waals surface area contributed by atoms with Gasteiger partial charge in [-0.15, -0.1) is 0 Å². The topological polar surface area (TPSA) is 92.3 Å². The number of piperazine rings is 1. The van der Waals surface area contributed by atoms with Gasteiger partial charge in [-0.05, 0) is 60.5 Å². The average molecular weight is 507 g/mol. The highest BCUT2D eigenvalue weighted by Crippen LogP contribution is 2.30. The van der Waals surface area contributed by atoms with Gasteiger partial charge < -0.3 is 29.3 Å². The molecular formula is C26H46N6O4. The van der Waals surface area contributed by atoms with E-state index in [1.807, 2.05) is 25.7 Å². The lowest BCUT2D eigenvalue weighted by atomic mass is 10.0. The molecule has 0 aromatic carbocycles. The fourth-order valence-electron chi connectivity index (χ4n) is 4.91. The fourth-order valence-corrected chi connectivity index (χ4v) is 4.91. The van der Waals surface area contributed by atoms with E-state index in [9.17, 15) is 4.79 Å². The van der Waals surface area contributed by atoms with Gasteiger partial charge in [-0.2, -0.15) is 9.97 Å². The number of nitrogens with one attached hydrogen (secondary N) is 1. The first-order chi connectivity index (χ1) is 17.1. The lowest BCUT2D eigenvalue weighted by Gasteiger charge is -2.45. The van der Waals surface area contributed by atoms with Gasteiger partial charge in [-0.25, -0.2) is 4.79 Å². The number of aromatic nitrogens is 2. The molecule has 1 fully saturated rings. The van der Waals surface area contributed by atoms with E-state index in [-0.39, 0.29) is 18.2 Å². The number of ether oxygens (including phenoxy) is 3. The van der Waals surface area contributed by atoms with Crippen molar-refractivity contribution in [2.45, 2.75) is 78.6 Å². The zero-order chi connectivity index (χ0) is 26.3. The summed E-state index contributed by atoms with van der Waals surface area (Å²) in [6.07, 6.45) is 1.52. The van der Waals surface area contributed by atoms with Crippen LogP contribution >= 0.6 is 0 Å². The molecule has 1 aromatic heterocycles. The normalized spacial score (nSPS) is 20.4. The molecule has 1 saturated heterocycles. The molecule has 1 amide bonds. The Labute approximate surface area is 216 Å². The highest BCUT2D eigenvalue weighted by molar-refractivity contribution is 5.69. The monoisotopic (exact) mass is 506 g/mol. The number of amides is 1. The maximum absolute atomic E-state index is 12.9. The SMILES string of the molecule is CCN(CCCOc1nc2c(c(N3CC(C)N(C(=O)OC(C)(C)C)C(C)C3)n1)CCNC2)CCOC. The van der Waals surface area contributed by atoms with Crippen LogP contribution in [0.15, 0.2) is 0 Å². The highest BCUT2D eigenvalue weighted by Gasteiger charge is 2.37. The van der Waals surface area contributed by atoms with Gasteiger partial charge in [0, 0.05) is 45.4 Å². The number of fused-ring (bicyclic) bond motifs is 1. The molecule has 0 aliphatic carbocycles. The van der Waals surface area contributed by atoms with Crippen molar-refractivity contribution in [3.8, 4) is 6.01 Å². The van der Waals surface area contributed by atoms with Gasteiger partial charge >= 0.3 is 12.1 Å². The molecule has 3 rings (SSSR count). The Morgan fingerprint density at radius 2 is 1.86 bits per heavy atom. The van der Waals surface area contributed by atoms with Crippen LogP contribution < -0.4 is 15.0 Å². The predicted octanol–water partition coefficient (Wildman–Crippen LogP) is 2.69. The Hall–Kier alpha value is -2.17. The molecule has 2 atom stereocenters. The van der Waals surface area contributed by atoms with Gasteiger partial charge in [0.05, 0.1) is 31.0 Å². The first-order valence-electron chi connectivity index (χ1n) is 13.3. The van der Waals surface area contributed by atoms with E-state index in [0.29, 0.717) is 32.3 Å². The maximum atomic E-state index is 12.9. The number of methoxy groups -OCH3 is 1. The quantitative estimate of drug-likeness (QED) is 0.481. The molecule has 1 N–H and O–H groups in total. The van der Waals surface area contributed by atoms with E-state index in [2.05, 4.69) is 35.9 Å². The zero-order valence-corrected chi connectivity index (χ0v) is 23.3. The molecule has 0 radical (unpaired) electrons. The summed E-state index contributed by atoms with van der Waals surface area (Å²) in [5.41, 5.74) is 1.67. The van der Waals surface area contributed by atoms with Gasteiger partial charge in [0.15, 0.2) is 0 Å². The van der Waals surface area contributed by atoms with Crippen LogP contribution in [0.1, 0.15) is 59.2 Å². The van der Waals surface area contributed by atoms with E-state index in [4.69, 9.17) is 24.2 Å². The van der Waals surface area contributed by atoms with Gasteiger partial charge in [0.2, 0.25) is 0 Å². The van der Waals surface area contributed by atoms with Crippen LogP contribution in [0.3, 0.4) is 0 Å². The number of nitrogens with zero attached hydrogens (tertiary/aromatic N) is 5. The number of hydrogen-bond acceptors (Lipinski definition) is 9. The number of anilines is 1. The molecule has 2 aliphatic heterocycles. The van der Waals surface area contributed by atoms with Gasteiger partial charge in [-0.3, -0.25) is 4.90 Å². The Morgan fingerprint density at radius 3 is 2.50 bits per heavy atom. The lowest BCUT2D eigenvalue weighted by molar-refractivity contribution is 0.00557. The summed E-state index contributed by atoms with van der Waals surface area (Å²) in [6, 6.07) is 0.419. The third kappa shape index (κ3) is 7.66. The Balaban J connectivity index is 1.70. The minimum Gasteiger partial charge on any atom is -0.463 e. The standard InChI is InChI=1S/C26H46N6O4/c1-8-30(13-15-34-7)12-9-14-35-24-28-22-16-27-11-10-21(22)23(29-24)31-17-19(2)32(20(3)18-31)25(33)36-26(4,5)6/h19-20,27H,8-18H2,1-7H3. The molecule has 1 aromatic rings. The van der Waals surface area contributed by atoms with Crippen molar-refractivity contribution in [1.29, 1.82) is 0 Å². The molecule has 2 unspecified atom stereocenters. The van der Waals surface area contributed by atoms with E-state index in [1.54, 1.807) is 7.11 Å². The first-order valence-corrected chi connectivity index (χ1v) is 13.3. The summed E-state index contributed by atoms with van der Waals surface area (Å²) in [7, 11) is 1.73. The van der Waals surface area contributed by atoms with Gasteiger partial charge in [-0.1, -0.05) is 6.92 Å². The summed E-state index contributed by atoms with van der Waals surface area (Å²) in [6.45, 7) is 19.1. The lowest BCUT2D eigenvalue weighted by Crippen LogP contribution is -2.59. The van der Waals surface area contributed by atoms with Crippen LogP contribution in [0.2, 0.25) is 0 Å². The van der Waals surface area contributed by atoms with Crippen molar-refractivity contribution >= 4 is 11.9 Å². The number of rotatable bonds is 10. The fraction of sp³-hybridized carbons (Fsp3) is 0.808. The van der Waals surface area contributed by atoms with Crippen molar-refractivity contribution in [3.05, 3.63) is 11.3 Å². The van der Waals surface area contributed by atoms with Crippen molar-refractivity contribution < 1.29 is 19.0 Å². The van der Waals surface area contributed by atoms with E-state index >= 15 is 0 Å². The molecule has 204 valence electrons. The smallest absolute Gasteiger partial charge is 0.410 e. The second-order valence-electron chi connectivity index (χ2n) is 10.8. The summed E-state index contributed by atoms with van der Waals surface area (Å²) in [5.74, 6) is 0.939. The molecule has 0 bridgehead atoms. The van der Waals surface area contributed by atoms with Crippen LogP contribution in [0.25, 0.3) is 0 Å². The third-order valence-electron chi connectivity index (χ3n) is 6.63. The average Bonchev–Trinajstić information content (AvgIpc) is 2.81. The van der Waals surface area contributed by atoms with E-state index in [1.165, 1.54) is 5.56 Å². The van der Waals surface area contributed by atoms with E-state index < -0.39 is 5.60 Å². The molecule has 0 saturated carbocycles. The molecular weight excluding hydrogens is 460 g/mol. The largest absolute Gasteiger partial charge is 0.463 e. The molecule has 3 heterocycles. The molecule has 0 spiro atoms. The Kier molecular flexibility index (Phi) is 10.2. The maximum Gasteiger partial charge on any atom is 0.410 e. The number of carbonyl (C=O) groups is 1. The van der Waals surface area contributed by atoms with Gasteiger partial charge in [0.1, 0.15) is 11.4 Å². The van der Waals surface area contributed by atoms with E-state index in [0.717, 1.165) is 57.1 Å². The second kappa shape index (κ2) is 12.9. The van der Waals surface area contributed by atoms with Crippen molar-refractivity contribution in [1.82, 2.24) is 25.1 Å². The number of hydrogen-bond donors (Lipinski definition) is 1. The van der Waals surface area contributed by atoms with Crippen LogP contribution in [0, 0.1) is 0 Å². The van der Waals surface area contributed by atoms with Gasteiger partial charge in [0.25, 0.3) is 0 Å². The molecule has 36 heavy (non-hydrogen) atoms. The van der Waals surface area contributed by atoms with Crippen LogP contribution in [0.5, 0.6) is 6.01 Å². The second-order valence-corrected chi connectivity index (χ2v) is 10.8. The van der Waals surface area contributed by atoms with Crippen LogP contribution in [0.4, 0.5) is 10.6 Å². The molecule has 2 aliphatic rings. The summed E-state index contributed by atoms with van der Waals surface area (Å²) in [4.78, 5) is 29.0. The Bertz CT molecular complexity index is 850. The molecule has 10 nitrogen and oxygen atoms in total. The first kappa shape index (κ1) is 28.4. The van der Waals surface area contributed by atoms with Crippen LogP contribution in [-0.2, 0) is 22.4 Å². The minimum atomic E-state index is -0.517. The van der Waals surface area contributed by atoms with Crippen LogP contribution in [-0.4, -0.2) is 103 Å². The minimum absolute atomic E-state index is 0.00701. The molecule has 10 heteroatoms. The predicted molar refractivity (Wildman–Crippen MR) is 141 cm³/mol.